The molecular formula is C17H34MnN6S2-2. The van der Waals surface area contributed by atoms with Crippen molar-refractivity contribution in [3.05, 3.63) is 0 Å². The molecule has 153 valence electrons. The van der Waals surface area contributed by atoms with Crippen LogP contribution in [0, 0.1) is 21.3 Å². The SMILES string of the molecule is CCN(C)CCCN1CCCN(CCCN(C)C)C1.N#C[S-].N#C[S-].[Mn]. The first kappa shape index (κ1) is 30.5. The molecule has 0 bridgehead atoms. The molecule has 0 atom stereocenters. The zero-order chi connectivity index (χ0) is 19.5. The van der Waals surface area contributed by atoms with E-state index in [1.54, 1.807) is 0 Å². The van der Waals surface area contributed by atoms with E-state index in [0.29, 0.717) is 0 Å². The second-order valence-corrected chi connectivity index (χ2v) is 6.69. The maximum atomic E-state index is 7.13. The standard InChI is InChI=1S/C15H34N4.2CHNS.Mn/c1-5-17(4)10-7-12-19-14-8-13-18(15-19)11-6-9-16(2)3;2*2-1-3;/h5-15H2,1-4H3;2*3H;/p-2. The van der Waals surface area contributed by atoms with Crippen LogP contribution in [-0.4, -0.2) is 93.2 Å². The van der Waals surface area contributed by atoms with Crippen molar-refractivity contribution in [2.75, 3.05) is 73.6 Å². The van der Waals surface area contributed by atoms with Crippen molar-refractivity contribution in [1.82, 2.24) is 19.6 Å². The van der Waals surface area contributed by atoms with Gasteiger partial charge in [0.1, 0.15) is 0 Å². The Labute approximate surface area is 182 Å². The van der Waals surface area contributed by atoms with Crippen LogP contribution in [-0.2, 0) is 42.3 Å². The summed E-state index contributed by atoms with van der Waals surface area (Å²) in [6, 6.07) is 0. The van der Waals surface area contributed by atoms with Crippen LogP contribution < -0.4 is 0 Å². The fraction of sp³-hybridized carbons (Fsp3) is 0.882. The van der Waals surface area contributed by atoms with E-state index in [1.807, 2.05) is 0 Å². The number of hydrogen-bond donors (Lipinski definition) is 0. The van der Waals surface area contributed by atoms with Gasteiger partial charge in [-0.15, -0.1) is 0 Å². The van der Waals surface area contributed by atoms with Gasteiger partial charge >= 0.3 is 0 Å². The van der Waals surface area contributed by atoms with E-state index in [9.17, 15) is 0 Å². The zero-order valence-electron chi connectivity index (χ0n) is 16.7. The third kappa shape index (κ3) is 21.8. The smallest absolute Gasteiger partial charge is 0.0506 e. The van der Waals surface area contributed by atoms with Crippen molar-refractivity contribution in [3.8, 4) is 10.8 Å². The minimum atomic E-state index is 0. The molecule has 1 radical (unpaired) electrons. The zero-order valence-corrected chi connectivity index (χ0v) is 19.5. The van der Waals surface area contributed by atoms with Crippen molar-refractivity contribution in [3.63, 3.8) is 0 Å². The van der Waals surface area contributed by atoms with Crippen LogP contribution in [0.15, 0.2) is 0 Å². The monoisotopic (exact) mass is 441 g/mol. The van der Waals surface area contributed by atoms with Crippen molar-refractivity contribution in [2.24, 2.45) is 0 Å². The molecule has 0 amide bonds. The predicted molar refractivity (Wildman–Crippen MR) is 110 cm³/mol. The van der Waals surface area contributed by atoms with Crippen LogP contribution in [0.2, 0.25) is 0 Å². The third-order valence-electron chi connectivity index (χ3n) is 3.98. The van der Waals surface area contributed by atoms with Gasteiger partial charge in [0.05, 0.1) is 6.67 Å². The number of hydrogen-bond acceptors (Lipinski definition) is 8. The fourth-order valence-electron chi connectivity index (χ4n) is 2.64. The van der Waals surface area contributed by atoms with Crippen LogP contribution in [0.4, 0.5) is 0 Å². The molecule has 1 aliphatic rings. The Morgan fingerprint density at radius 2 is 1.35 bits per heavy atom. The van der Waals surface area contributed by atoms with Crippen molar-refractivity contribution in [2.45, 2.75) is 26.2 Å². The minimum Gasteiger partial charge on any atom is -0.696 e. The second-order valence-electron chi connectivity index (χ2n) is 6.32. The summed E-state index contributed by atoms with van der Waals surface area (Å²) in [6.07, 6.45) is 3.93. The topological polar surface area (TPSA) is 60.5 Å². The Balaban J connectivity index is -0.000000664. The Bertz CT molecular complexity index is 361. The number of nitrogens with zero attached hydrogens (tertiary/aromatic N) is 6. The van der Waals surface area contributed by atoms with Crippen LogP contribution in [0.5, 0.6) is 0 Å². The maximum Gasteiger partial charge on any atom is 0.0506 e. The number of thiocyanates is 2. The largest absolute Gasteiger partial charge is 0.696 e. The number of rotatable bonds is 9. The van der Waals surface area contributed by atoms with Gasteiger partial charge < -0.3 is 35.1 Å². The Hall–Kier alpha value is -0.221. The van der Waals surface area contributed by atoms with E-state index in [4.69, 9.17) is 10.5 Å². The van der Waals surface area contributed by atoms with Crippen LogP contribution >= 0.6 is 0 Å². The summed E-state index contributed by atoms with van der Waals surface area (Å²) >= 11 is 7.40. The Morgan fingerprint density at radius 1 is 0.923 bits per heavy atom. The number of nitriles is 2. The molecule has 1 fully saturated rings. The molecule has 6 nitrogen and oxygen atoms in total. The second kappa shape index (κ2) is 22.8. The molecule has 0 N–H and O–H groups in total. The molecule has 26 heavy (non-hydrogen) atoms. The van der Waals surface area contributed by atoms with Crippen molar-refractivity contribution in [1.29, 1.82) is 10.5 Å². The molecule has 0 spiro atoms. The van der Waals surface area contributed by atoms with Crippen LogP contribution in [0.3, 0.4) is 0 Å². The van der Waals surface area contributed by atoms with E-state index in [0.717, 1.165) is 6.54 Å². The van der Waals surface area contributed by atoms with E-state index in [1.165, 1.54) is 76.0 Å². The van der Waals surface area contributed by atoms with E-state index < -0.39 is 0 Å². The quantitative estimate of drug-likeness (QED) is 0.301. The van der Waals surface area contributed by atoms with Crippen molar-refractivity contribution >= 4 is 25.3 Å². The Kier molecular flexibility index (Phi) is 26.8. The molecule has 0 aromatic heterocycles. The first-order chi connectivity index (χ1) is 11.9. The van der Waals surface area contributed by atoms with Gasteiger partial charge in [-0.3, -0.25) is 9.80 Å². The summed E-state index contributed by atoms with van der Waals surface area (Å²) in [5.74, 6) is 0. The van der Waals surface area contributed by atoms with Crippen LogP contribution in [0.1, 0.15) is 26.2 Å². The Morgan fingerprint density at radius 3 is 1.73 bits per heavy atom. The molecule has 0 aromatic carbocycles. The van der Waals surface area contributed by atoms with Gasteiger partial charge in [0.15, 0.2) is 0 Å². The molecule has 9 heteroatoms. The van der Waals surface area contributed by atoms with Gasteiger partial charge in [0.2, 0.25) is 0 Å². The van der Waals surface area contributed by atoms with Gasteiger partial charge in [0.25, 0.3) is 0 Å². The first-order valence-corrected chi connectivity index (χ1v) is 9.57. The third-order valence-corrected chi connectivity index (χ3v) is 3.98. The summed E-state index contributed by atoms with van der Waals surface area (Å²) in [6.45, 7) is 12.1. The van der Waals surface area contributed by atoms with E-state index in [-0.39, 0.29) is 17.1 Å². The van der Waals surface area contributed by atoms with Gasteiger partial charge in [-0.25, -0.2) is 10.5 Å². The summed E-state index contributed by atoms with van der Waals surface area (Å²) < 4.78 is 0. The van der Waals surface area contributed by atoms with E-state index >= 15 is 0 Å². The molecule has 0 unspecified atom stereocenters. The van der Waals surface area contributed by atoms with Crippen LogP contribution in [0.25, 0.3) is 0 Å². The fourth-order valence-corrected chi connectivity index (χ4v) is 2.64. The first-order valence-electron chi connectivity index (χ1n) is 8.75. The van der Waals surface area contributed by atoms with Gasteiger partial charge in [-0.1, -0.05) is 17.7 Å². The molecule has 0 saturated carbocycles. The minimum absolute atomic E-state index is 0. The average Bonchev–Trinajstić information content (AvgIpc) is 2.56. The summed E-state index contributed by atoms with van der Waals surface area (Å²) in [4.78, 5) is 9.93. The summed E-state index contributed by atoms with van der Waals surface area (Å²) in [5, 5.41) is 16.9. The molecule has 1 heterocycles. The predicted octanol–water partition coefficient (Wildman–Crippen LogP) is 1.27. The summed E-state index contributed by atoms with van der Waals surface area (Å²) in [7, 11) is 6.53. The normalized spacial score (nSPS) is 14.2. The van der Waals surface area contributed by atoms with Gasteiger partial charge in [-0.05, 0) is 60.0 Å². The maximum absolute atomic E-state index is 7.13. The molecule has 1 aliphatic heterocycles. The molecule has 1 saturated heterocycles. The van der Waals surface area contributed by atoms with E-state index in [2.05, 4.69) is 72.9 Å². The molecule has 0 aliphatic carbocycles. The molecular weight excluding hydrogens is 407 g/mol. The average molecular weight is 442 g/mol. The summed E-state index contributed by atoms with van der Waals surface area (Å²) in [5.41, 5.74) is 0. The van der Waals surface area contributed by atoms with Gasteiger partial charge in [0, 0.05) is 43.2 Å². The molecule has 0 aromatic rings. The van der Waals surface area contributed by atoms with Gasteiger partial charge in [-0.2, -0.15) is 0 Å². The molecule has 1 rings (SSSR count). The van der Waals surface area contributed by atoms with Crippen molar-refractivity contribution < 1.29 is 17.1 Å².